The molecule has 1 aliphatic heterocycles. The minimum Gasteiger partial charge on any atom is -0.445 e. The van der Waals surface area contributed by atoms with Crippen LogP contribution in [0.1, 0.15) is 18.4 Å². The van der Waals surface area contributed by atoms with Crippen molar-refractivity contribution in [2.75, 3.05) is 11.9 Å². The van der Waals surface area contributed by atoms with Gasteiger partial charge in [0.15, 0.2) is 0 Å². The van der Waals surface area contributed by atoms with Crippen LogP contribution in [0.3, 0.4) is 0 Å². The smallest absolute Gasteiger partial charge is 0.410 e. The Hall–Kier alpha value is -3.42. The van der Waals surface area contributed by atoms with Crippen LogP contribution in [0.2, 0.25) is 0 Å². The summed E-state index contributed by atoms with van der Waals surface area (Å²) in [5.41, 5.74) is 0.769. The van der Waals surface area contributed by atoms with Crippen LogP contribution < -0.4 is 5.32 Å². The molecule has 1 aliphatic rings. The topological polar surface area (TPSA) is 102 Å². The number of carbonyl (C=O) groups is 2. The number of hydrogen-bond donors (Lipinski definition) is 1. The van der Waals surface area contributed by atoms with Gasteiger partial charge < -0.3 is 10.1 Å². The third kappa shape index (κ3) is 4.41. The van der Waals surface area contributed by atoms with Gasteiger partial charge in [-0.3, -0.25) is 19.8 Å². The van der Waals surface area contributed by atoms with Crippen molar-refractivity contribution >= 4 is 23.4 Å². The summed E-state index contributed by atoms with van der Waals surface area (Å²) >= 11 is 0. The van der Waals surface area contributed by atoms with E-state index in [0.29, 0.717) is 19.4 Å². The molecule has 1 unspecified atom stereocenters. The van der Waals surface area contributed by atoms with Crippen LogP contribution in [-0.4, -0.2) is 34.4 Å². The number of likely N-dealkylation sites (tertiary alicyclic amines) is 1. The maximum absolute atomic E-state index is 12.6. The van der Waals surface area contributed by atoms with Gasteiger partial charge in [-0.15, -0.1) is 0 Å². The molecule has 140 valence electrons. The lowest BCUT2D eigenvalue weighted by Crippen LogP contribution is -2.43. The number of para-hydroxylation sites is 2. The maximum Gasteiger partial charge on any atom is 0.410 e. The van der Waals surface area contributed by atoms with E-state index in [9.17, 15) is 19.7 Å². The van der Waals surface area contributed by atoms with Crippen molar-refractivity contribution in [3.8, 4) is 0 Å². The van der Waals surface area contributed by atoms with E-state index in [1.807, 2.05) is 30.3 Å². The second-order valence-corrected chi connectivity index (χ2v) is 6.16. The number of nitrogens with one attached hydrogen (secondary N) is 1. The zero-order valence-corrected chi connectivity index (χ0v) is 14.5. The van der Waals surface area contributed by atoms with Crippen molar-refractivity contribution in [2.24, 2.45) is 0 Å². The Bertz CT molecular complexity index is 840. The molecule has 2 aromatic rings. The van der Waals surface area contributed by atoms with Crippen LogP contribution in [0.25, 0.3) is 0 Å². The molecule has 2 aromatic carbocycles. The van der Waals surface area contributed by atoms with Gasteiger partial charge in [-0.2, -0.15) is 0 Å². The fraction of sp³-hybridized carbons (Fsp3) is 0.263. The summed E-state index contributed by atoms with van der Waals surface area (Å²) in [6.45, 7) is 0.525. The van der Waals surface area contributed by atoms with Crippen LogP contribution in [-0.2, 0) is 16.1 Å². The molecule has 8 nitrogen and oxygen atoms in total. The molecule has 0 radical (unpaired) electrons. The number of nitrogens with zero attached hydrogens (tertiary/aromatic N) is 2. The van der Waals surface area contributed by atoms with E-state index in [-0.39, 0.29) is 18.0 Å². The Morgan fingerprint density at radius 2 is 1.85 bits per heavy atom. The van der Waals surface area contributed by atoms with Gasteiger partial charge in [-0.25, -0.2) is 4.79 Å². The molecule has 0 aromatic heterocycles. The second-order valence-electron chi connectivity index (χ2n) is 6.16. The molecule has 1 N–H and O–H groups in total. The van der Waals surface area contributed by atoms with E-state index in [1.54, 1.807) is 6.07 Å². The quantitative estimate of drug-likeness (QED) is 0.643. The number of ether oxygens (including phenoxy) is 1. The average molecular weight is 369 g/mol. The molecule has 0 aliphatic carbocycles. The third-order valence-corrected chi connectivity index (χ3v) is 4.35. The first-order chi connectivity index (χ1) is 13.1. The van der Waals surface area contributed by atoms with Crippen molar-refractivity contribution in [2.45, 2.75) is 25.5 Å². The van der Waals surface area contributed by atoms with Gasteiger partial charge in [-0.1, -0.05) is 42.5 Å². The summed E-state index contributed by atoms with van der Waals surface area (Å²) in [5.74, 6) is -0.460. The number of hydrogen-bond acceptors (Lipinski definition) is 5. The molecule has 27 heavy (non-hydrogen) atoms. The fourth-order valence-corrected chi connectivity index (χ4v) is 3.01. The standard InChI is InChI=1S/C19H19N3O5/c23-18(20-15-9-4-5-10-16(15)22(25)26)17-11-6-12-21(17)19(24)27-13-14-7-2-1-3-8-14/h1-5,7-10,17H,6,11-13H2,(H,20,23). The summed E-state index contributed by atoms with van der Waals surface area (Å²) in [6.07, 6.45) is 0.571. The van der Waals surface area contributed by atoms with E-state index in [1.165, 1.54) is 23.1 Å². The molecule has 1 heterocycles. The molecule has 0 bridgehead atoms. The van der Waals surface area contributed by atoms with E-state index in [2.05, 4.69) is 5.32 Å². The third-order valence-electron chi connectivity index (χ3n) is 4.35. The van der Waals surface area contributed by atoms with Gasteiger partial charge in [0.2, 0.25) is 5.91 Å². The summed E-state index contributed by atoms with van der Waals surface area (Å²) < 4.78 is 5.30. The second kappa shape index (κ2) is 8.31. The summed E-state index contributed by atoms with van der Waals surface area (Å²) in [6, 6.07) is 14.4. The van der Waals surface area contributed by atoms with E-state index >= 15 is 0 Å². The average Bonchev–Trinajstić information content (AvgIpc) is 3.17. The van der Waals surface area contributed by atoms with Gasteiger partial charge >= 0.3 is 6.09 Å². The minimum atomic E-state index is -0.715. The normalized spacial score (nSPS) is 16.0. The van der Waals surface area contributed by atoms with Crippen molar-refractivity contribution in [1.82, 2.24) is 4.90 Å². The Balaban J connectivity index is 1.64. The first kappa shape index (κ1) is 18.4. The lowest BCUT2D eigenvalue weighted by Gasteiger charge is -2.23. The van der Waals surface area contributed by atoms with Crippen molar-refractivity contribution in [3.63, 3.8) is 0 Å². The Kier molecular flexibility index (Phi) is 5.65. The Morgan fingerprint density at radius 1 is 1.15 bits per heavy atom. The zero-order chi connectivity index (χ0) is 19.2. The molecule has 1 atom stereocenters. The van der Waals surface area contributed by atoms with Gasteiger partial charge in [0.05, 0.1) is 4.92 Å². The van der Waals surface area contributed by atoms with Gasteiger partial charge in [0.25, 0.3) is 5.69 Å². The van der Waals surface area contributed by atoms with Gasteiger partial charge in [-0.05, 0) is 24.5 Å². The minimum absolute atomic E-state index is 0.108. The first-order valence-electron chi connectivity index (χ1n) is 8.58. The van der Waals surface area contributed by atoms with E-state index < -0.39 is 23.0 Å². The van der Waals surface area contributed by atoms with Crippen LogP contribution >= 0.6 is 0 Å². The zero-order valence-electron chi connectivity index (χ0n) is 14.5. The number of anilines is 1. The lowest BCUT2D eigenvalue weighted by molar-refractivity contribution is -0.383. The number of benzene rings is 2. The molecule has 1 fully saturated rings. The van der Waals surface area contributed by atoms with E-state index in [4.69, 9.17) is 4.74 Å². The summed E-state index contributed by atoms with van der Waals surface area (Å²) in [7, 11) is 0. The molecular weight excluding hydrogens is 350 g/mol. The Labute approximate surface area is 155 Å². The van der Waals surface area contributed by atoms with Crippen LogP contribution in [0.4, 0.5) is 16.2 Å². The van der Waals surface area contributed by atoms with Crippen LogP contribution in [0, 0.1) is 10.1 Å². The predicted molar refractivity (Wildman–Crippen MR) is 98.1 cm³/mol. The fourth-order valence-electron chi connectivity index (χ4n) is 3.01. The predicted octanol–water partition coefficient (Wildman–Crippen LogP) is 3.33. The largest absolute Gasteiger partial charge is 0.445 e. The molecule has 0 saturated carbocycles. The maximum atomic E-state index is 12.6. The van der Waals surface area contributed by atoms with Crippen molar-refractivity contribution in [1.29, 1.82) is 0 Å². The summed E-state index contributed by atoms with van der Waals surface area (Å²) in [5, 5.41) is 13.6. The van der Waals surface area contributed by atoms with E-state index in [0.717, 1.165) is 5.56 Å². The molecule has 3 rings (SSSR count). The molecule has 8 heteroatoms. The Morgan fingerprint density at radius 3 is 2.59 bits per heavy atom. The van der Waals surface area contributed by atoms with Gasteiger partial charge in [0.1, 0.15) is 18.3 Å². The number of nitro benzene ring substituents is 1. The molecule has 2 amide bonds. The van der Waals surface area contributed by atoms with Crippen LogP contribution in [0.5, 0.6) is 0 Å². The summed E-state index contributed by atoms with van der Waals surface area (Å²) in [4.78, 5) is 36.9. The first-order valence-corrected chi connectivity index (χ1v) is 8.58. The molecular formula is C19H19N3O5. The lowest BCUT2D eigenvalue weighted by atomic mass is 10.2. The highest BCUT2D eigenvalue weighted by molar-refractivity contribution is 5.98. The monoisotopic (exact) mass is 369 g/mol. The highest BCUT2D eigenvalue weighted by atomic mass is 16.6. The molecule has 0 spiro atoms. The van der Waals surface area contributed by atoms with Crippen molar-refractivity contribution < 1.29 is 19.2 Å². The molecule has 1 saturated heterocycles. The SMILES string of the molecule is O=C(Nc1ccccc1[N+](=O)[O-])C1CCCN1C(=O)OCc1ccccc1. The van der Waals surface area contributed by atoms with Crippen molar-refractivity contribution in [3.05, 3.63) is 70.3 Å². The number of amides is 2. The van der Waals surface area contributed by atoms with Gasteiger partial charge in [0, 0.05) is 12.6 Å². The number of nitro groups is 1. The number of carbonyl (C=O) groups excluding carboxylic acids is 2. The van der Waals surface area contributed by atoms with Crippen LogP contribution in [0.15, 0.2) is 54.6 Å². The highest BCUT2D eigenvalue weighted by Crippen LogP contribution is 2.26. The number of rotatable bonds is 5. The highest BCUT2D eigenvalue weighted by Gasteiger charge is 2.35.